The van der Waals surface area contributed by atoms with Crippen molar-refractivity contribution in [3.05, 3.63) is 17.0 Å². The van der Waals surface area contributed by atoms with Crippen LogP contribution in [0.4, 0.5) is 0 Å². The van der Waals surface area contributed by atoms with E-state index in [1.165, 1.54) is 18.9 Å². The van der Waals surface area contributed by atoms with Crippen molar-refractivity contribution in [3.8, 4) is 0 Å². The minimum absolute atomic E-state index is 0.00325. The van der Waals surface area contributed by atoms with E-state index in [4.69, 9.17) is 4.55 Å². The van der Waals surface area contributed by atoms with Crippen molar-refractivity contribution in [2.75, 3.05) is 0 Å². The lowest BCUT2D eigenvalue weighted by Gasteiger charge is -2.17. The minimum atomic E-state index is -4.09. The zero-order chi connectivity index (χ0) is 13.6. The molecular formula is C13H18O4S2. The van der Waals surface area contributed by atoms with Crippen molar-refractivity contribution >= 4 is 21.5 Å². The lowest BCUT2D eigenvalue weighted by Crippen LogP contribution is -2.20. The molecule has 3 rings (SSSR count). The maximum Gasteiger partial charge on any atom is 0.304 e. The molecule has 1 aromatic rings. The topological polar surface area (TPSA) is 74.6 Å². The summed E-state index contributed by atoms with van der Waals surface area (Å²) in [5.41, 5.74) is 0. The van der Waals surface area contributed by atoms with Crippen LogP contribution in [0.1, 0.15) is 42.9 Å². The van der Waals surface area contributed by atoms with E-state index in [2.05, 4.69) is 0 Å². The molecule has 0 amide bonds. The van der Waals surface area contributed by atoms with Gasteiger partial charge in [0.15, 0.2) is 0 Å². The molecule has 2 fully saturated rings. The lowest BCUT2D eigenvalue weighted by atomic mass is 9.96. The number of aliphatic hydroxyl groups excluding tert-OH is 1. The molecule has 3 unspecified atom stereocenters. The van der Waals surface area contributed by atoms with Gasteiger partial charge in [0, 0.05) is 4.88 Å². The van der Waals surface area contributed by atoms with Gasteiger partial charge < -0.3 is 5.11 Å². The Morgan fingerprint density at radius 3 is 2.53 bits per heavy atom. The molecule has 2 N–H and O–H groups in total. The minimum Gasteiger partial charge on any atom is -0.393 e. The Bertz CT molecular complexity index is 557. The zero-order valence-electron chi connectivity index (χ0n) is 10.5. The summed E-state index contributed by atoms with van der Waals surface area (Å²) in [7, 11) is -4.09. The van der Waals surface area contributed by atoms with E-state index in [1.54, 1.807) is 6.07 Å². The molecule has 0 saturated heterocycles. The normalized spacial score (nSPS) is 29.6. The van der Waals surface area contributed by atoms with Crippen LogP contribution in [0, 0.1) is 11.8 Å². The quantitative estimate of drug-likeness (QED) is 0.839. The molecule has 2 aliphatic rings. The van der Waals surface area contributed by atoms with Crippen LogP contribution in [-0.4, -0.2) is 24.2 Å². The Labute approximate surface area is 117 Å². The van der Waals surface area contributed by atoms with Crippen LogP contribution in [0.3, 0.4) is 0 Å². The molecule has 6 heteroatoms. The highest BCUT2D eigenvalue weighted by Gasteiger charge is 2.47. The van der Waals surface area contributed by atoms with Gasteiger partial charge in [-0.15, -0.1) is 11.3 Å². The number of aliphatic hydroxyl groups is 1. The van der Waals surface area contributed by atoms with Crippen LogP contribution in [0.5, 0.6) is 0 Å². The molecule has 0 spiro atoms. The summed E-state index contributed by atoms with van der Waals surface area (Å²) in [5.74, 6) is 0.975. The molecule has 2 saturated carbocycles. The second-order valence-electron chi connectivity index (χ2n) is 5.67. The van der Waals surface area contributed by atoms with Crippen LogP contribution in [0.15, 0.2) is 16.3 Å². The van der Waals surface area contributed by atoms with Crippen LogP contribution in [0.25, 0.3) is 0 Å². The van der Waals surface area contributed by atoms with E-state index in [-0.39, 0.29) is 22.1 Å². The predicted octanol–water partition coefficient (Wildman–Crippen LogP) is 2.65. The molecular weight excluding hydrogens is 284 g/mol. The highest BCUT2D eigenvalue weighted by molar-refractivity contribution is 7.88. The largest absolute Gasteiger partial charge is 0.393 e. The van der Waals surface area contributed by atoms with Gasteiger partial charge in [-0.3, -0.25) is 4.55 Å². The highest BCUT2D eigenvalue weighted by Crippen LogP contribution is 2.54. The van der Waals surface area contributed by atoms with E-state index < -0.39 is 10.1 Å². The Kier molecular flexibility index (Phi) is 3.45. The SMILES string of the molecule is O=S(=O)(O)c1ccc(C2CC2C(O)C2CCCC2)s1. The van der Waals surface area contributed by atoms with Gasteiger partial charge in [-0.25, -0.2) is 0 Å². The number of hydrogen-bond acceptors (Lipinski definition) is 4. The maximum absolute atomic E-state index is 11.0. The third-order valence-corrected chi connectivity index (χ3v) is 6.92. The number of hydrogen-bond donors (Lipinski definition) is 2. The third kappa shape index (κ3) is 2.72. The summed E-state index contributed by atoms with van der Waals surface area (Å²) in [6, 6.07) is 3.21. The average Bonchev–Trinajstić information content (AvgIpc) is 2.84. The van der Waals surface area contributed by atoms with Crippen molar-refractivity contribution in [1.29, 1.82) is 0 Å². The molecule has 106 valence electrons. The molecule has 1 heterocycles. The van der Waals surface area contributed by atoms with Gasteiger partial charge in [-0.1, -0.05) is 12.8 Å². The maximum atomic E-state index is 11.0. The summed E-state index contributed by atoms with van der Waals surface area (Å²) in [6.45, 7) is 0. The van der Waals surface area contributed by atoms with Gasteiger partial charge in [-0.2, -0.15) is 8.42 Å². The fourth-order valence-corrected chi connectivity index (χ4v) is 5.12. The van der Waals surface area contributed by atoms with Gasteiger partial charge in [0.05, 0.1) is 6.10 Å². The number of rotatable bonds is 4. The summed E-state index contributed by atoms with van der Waals surface area (Å²) in [5, 5.41) is 10.3. The molecule has 0 radical (unpaired) electrons. The van der Waals surface area contributed by atoms with Crippen LogP contribution >= 0.6 is 11.3 Å². The number of thiophene rings is 1. The molecule has 4 nitrogen and oxygen atoms in total. The lowest BCUT2D eigenvalue weighted by molar-refractivity contribution is 0.0876. The molecule has 0 aromatic carbocycles. The standard InChI is InChI=1S/C13H18O4S2/c14-13(8-3-1-2-4-8)10-7-9(10)11-5-6-12(18-11)19(15,16)17/h5-6,8-10,13-14H,1-4,7H2,(H,15,16,17). The summed E-state index contributed by atoms with van der Waals surface area (Å²) < 4.78 is 31.0. The second kappa shape index (κ2) is 4.84. The van der Waals surface area contributed by atoms with E-state index in [9.17, 15) is 13.5 Å². The molecule has 1 aromatic heterocycles. The Balaban J connectivity index is 1.67. The monoisotopic (exact) mass is 302 g/mol. The fourth-order valence-electron chi connectivity index (χ4n) is 3.24. The van der Waals surface area contributed by atoms with Gasteiger partial charge in [0.1, 0.15) is 4.21 Å². The first-order valence-corrected chi connectivity index (χ1v) is 8.98. The molecule has 2 aliphatic carbocycles. The zero-order valence-corrected chi connectivity index (χ0v) is 12.2. The first kappa shape index (κ1) is 13.5. The first-order chi connectivity index (χ1) is 8.97. The average molecular weight is 302 g/mol. The summed E-state index contributed by atoms with van der Waals surface area (Å²) in [4.78, 5) is 0.967. The predicted molar refractivity (Wildman–Crippen MR) is 72.9 cm³/mol. The molecule has 3 atom stereocenters. The van der Waals surface area contributed by atoms with Gasteiger partial charge in [0.2, 0.25) is 0 Å². The summed E-state index contributed by atoms with van der Waals surface area (Å²) in [6.07, 6.45) is 5.35. The van der Waals surface area contributed by atoms with E-state index in [0.717, 1.165) is 35.5 Å². The van der Waals surface area contributed by atoms with Crippen molar-refractivity contribution in [2.24, 2.45) is 11.8 Å². The summed E-state index contributed by atoms with van der Waals surface area (Å²) >= 11 is 1.13. The molecule has 0 aliphatic heterocycles. The molecule has 19 heavy (non-hydrogen) atoms. The van der Waals surface area contributed by atoms with E-state index in [1.807, 2.05) is 0 Å². The van der Waals surface area contributed by atoms with Crippen LogP contribution in [0.2, 0.25) is 0 Å². The third-order valence-electron chi connectivity index (χ3n) is 4.38. The molecule has 0 bridgehead atoms. The van der Waals surface area contributed by atoms with Crippen LogP contribution in [-0.2, 0) is 10.1 Å². The van der Waals surface area contributed by atoms with E-state index >= 15 is 0 Å². The van der Waals surface area contributed by atoms with E-state index in [0.29, 0.717) is 5.92 Å². The second-order valence-corrected chi connectivity index (χ2v) is 8.44. The van der Waals surface area contributed by atoms with Gasteiger partial charge in [-0.05, 0) is 49.1 Å². The van der Waals surface area contributed by atoms with Crippen molar-refractivity contribution in [2.45, 2.75) is 48.3 Å². The Morgan fingerprint density at radius 2 is 1.95 bits per heavy atom. The first-order valence-electron chi connectivity index (χ1n) is 6.72. The Morgan fingerprint density at radius 1 is 1.26 bits per heavy atom. The fraction of sp³-hybridized carbons (Fsp3) is 0.692. The smallest absolute Gasteiger partial charge is 0.304 e. The highest BCUT2D eigenvalue weighted by atomic mass is 32.3. The van der Waals surface area contributed by atoms with Crippen molar-refractivity contribution < 1.29 is 18.1 Å². The Hall–Kier alpha value is -0.430. The van der Waals surface area contributed by atoms with Gasteiger partial charge >= 0.3 is 10.1 Å². The van der Waals surface area contributed by atoms with Crippen molar-refractivity contribution in [3.63, 3.8) is 0 Å². The van der Waals surface area contributed by atoms with Crippen molar-refractivity contribution in [1.82, 2.24) is 0 Å². The van der Waals surface area contributed by atoms with Gasteiger partial charge in [0.25, 0.3) is 0 Å². The van der Waals surface area contributed by atoms with Crippen LogP contribution < -0.4 is 0 Å².